The van der Waals surface area contributed by atoms with Crippen molar-refractivity contribution < 1.29 is 47.4 Å². The van der Waals surface area contributed by atoms with E-state index in [1.54, 1.807) is 23.1 Å². The van der Waals surface area contributed by atoms with Crippen molar-refractivity contribution in [2.24, 2.45) is 5.92 Å². The van der Waals surface area contributed by atoms with Crippen LogP contribution in [0, 0.1) is 5.92 Å². The standard InChI is InChI=1S/C33H37N5O5.C11H17NO2.CH4O3S/c1-32(35-29(39)21-15-23-22-10-6-11-24-28(22)20(17-34-24)16-25(23)36(2)18-21)31(41)38-26(14-19-8-4-3-5-9-19)30(40)37-13-7-12-27(37)33(38,42)43-32;1-3-12(2)8-11(14)9-5-4-6-10(13)7-9;1-5(2,3)4/h3-6,8-11,17,21,23,25-27,34,42H,7,12-16,18H2,1-2H3,(H,35,39);4-7,11,13-14H,3,8H2,1-2H3;1H3,(H,2,3,4)/t21-,23-,25-,26+,27+,32-,33+;11-;/m10./s1. The van der Waals surface area contributed by atoms with Crippen LogP contribution >= 0.6 is 0 Å². The molecule has 17 heteroatoms. The number of fused-ring (bicyclic) bond motifs is 5. The van der Waals surface area contributed by atoms with Gasteiger partial charge in [-0.25, -0.2) is 0 Å². The lowest BCUT2D eigenvalue weighted by Gasteiger charge is -2.48. The third-order valence-corrected chi connectivity index (χ3v) is 12.9. The summed E-state index contributed by atoms with van der Waals surface area (Å²) in [6.45, 7) is 6.07. The Kier molecular flexibility index (Phi) is 12.9. The van der Waals surface area contributed by atoms with Crippen molar-refractivity contribution in [3.8, 4) is 5.75 Å². The van der Waals surface area contributed by atoms with Crippen LogP contribution < -0.4 is 5.32 Å². The fourth-order valence-corrected chi connectivity index (χ4v) is 9.91. The average molecular weight is 875 g/mol. The molecule has 5 heterocycles. The van der Waals surface area contributed by atoms with Gasteiger partial charge in [-0.3, -0.25) is 28.6 Å². The molecule has 9 rings (SSSR count). The van der Waals surface area contributed by atoms with E-state index in [0.717, 1.165) is 29.6 Å². The number of rotatable bonds is 8. The second-order valence-electron chi connectivity index (χ2n) is 17.4. The Bertz CT molecular complexity index is 2390. The predicted octanol–water partition coefficient (Wildman–Crippen LogP) is 2.96. The number of piperidine rings is 1. The first-order valence-electron chi connectivity index (χ1n) is 21.1. The zero-order chi connectivity index (χ0) is 44.7. The quantitative estimate of drug-likeness (QED) is 0.141. The van der Waals surface area contributed by atoms with Gasteiger partial charge in [-0.1, -0.05) is 61.5 Å². The molecule has 6 N–H and O–H groups in total. The Labute approximate surface area is 362 Å². The molecule has 3 aromatic carbocycles. The zero-order valence-electron chi connectivity index (χ0n) is 35.8. The molecule has 0 spiro atoms. The normalized spacial score (nSPS) is 28.3. The number of H-pyrrole nitrogens is 1. The molecule has 0 bridgehead atoms. The summed E-state index contributed by atoms with van der Waals surface area (Å²) in [6, 6.07) is 21.2. The van der Waals surface area contributed by atoms with Crippen LogP contribution in [0.3, 0.4) is 0 Å². The van der Waals surface area contributed by atoms with Crippen molar-refractivity contribution in [1.82, 2.24) is 29.9 Å². The van der Waals surface area contributed by atoms with E-state index in [4.69, 9.17) is 9.29 Å². The number of likely N-dealkylation sites (N-methyl/N-ethyl adjacent to an activating group) is 2. The van der Waals surface area contributed by atoms with Crippen LogP contribution in [0.25, 0.3) is 10.9 Å². The smallest absolute Gasteiger partial charge is 0.280 e. The highest BCUT2D eigenvalue weighted by atomic mass is 32.2. The number of nitrogens with one attached hydrogen (secondary N) is 2. The Morgan fingerprint density at radius 2 is 1.81 bits per heavy atom. The van der Waals surface area contributed by atoms with E-state index in [9.17, 15) is 38.1 Å². The van der Waals surface area contributed by atoms with E-state index >= 15 is 0 Å². The first-order valence-corrected chi connectivity index (χ1v) is 23.0. The Morgan fingerprint density at radius 3 is 2.50 bits per heavy atom. The second kappa shape index (κ2) is 17.7. The zero-order valence-corrected chi connectivity index (χ0v) is 36.6. The summed E-state index contributed by atoms with van der Waals surface area (Å²) in [6.07, 6.45) is 5.31. The summed E-state index contributed by atoms with van der Waals surface area (Å²) in [7, 11) is 0.345. The minimum absolute atomic E-state index is 0.171. The monoisotopic (exact) mass is 874 g/mol. The van der Waals surface area contributed by atoms with Crippen molar-refractivity contribution >= 4 is 38.7 Å². The molecule has 8 atom stereocenters. The number of amides is 3. The third-order valence-electron chi connectivity index (χ3n) is 12.9. The SMILES string of the molecule is CCN(C)C[C@H](O)c1cccc(O)c1.CN1C[C@H](C(=O)N[C@]2(C)O[C@@]3(O)[C@@H]4CCCN4C(=O)[C@H](Cc4ccccc4)N3C2=O)C[C@@H]2c3cccc4[nH]cc(c34)C[C@H]21.CS(=O)(=O)O. The first-order chi connectivity index (χ1) is 29.3. The molecule has 4 aromatic rings. The fraction of sp³-hybridized carbons (Fsp3) is 0.489. The molecule has 4 aliphatic heterocycles. The number of aromatic amines is 1. The molecule has 5 aliphatic rings. The highest BCUT2D eigenvalue weighted by Crippen LogP contribution is 2.47. The van der Waals surface area contributed by atoms with Crippen molar-refractivity contribution in [1.29, 1.82) is 0 Å². The molecule has 16 nitrogen and oxygen atoms in total. The summed E-state index contributed by atoms with van der Waals surface area (Å²) < 4.78 is 32.1. The molecule has 4 fully saturated rings. The Balaban J connectivity index is 0.000000254. The van der Waals surface area contributed by atoms with Crippen LogP contribution in [0.5, 0.6) is 5.75 Å². The van der Waals surface area contributed by atoms with E-state index in [2.05, 4.69) is 46.6 Å². The number of carbonyl (C=O) groups is 3. The van der Waals surface area contributed by atoms with E-state index in [0.29, 0.717) is 45.2 Å². The van der Waals surface area contributed by atoms with E-state index in [1.807, 2.05) is 55.3 Å². The molecule has 334 valence electrons. The van der Waals surface area contributed by atoms with Gasteiger partial charge in [-0.15, -0.1) is 0 Å². The number of phenolic OH excluding ortho intramolecular Hbond substituents is 1. The minimum Gasteiger partial charge on any atom is -0.508 e. The lowest BCUT2D eigenvalue weighted by molar-refractivity contribution is -0.315. The summed E-state index contributed by atoms with van der Waals surface area (Å²) >= 11 is 0. The largest absolute Gasteiger partial charge is 0.508 e. The molecule has 0 radical (unpaired) electrons. The number of aliphatic hydroxyl groups excluding tert-OH is 1. The summed E-state index contributed by atoms with van der Waals surface area (Å²) in [5.74, 6) is -3.12. The van der Waals surface area contributed by atoms with Gasteiger partial charge in [0.25, 0.3) is 21.9 Å². The molecule has 1 aliphatic carbocycles. The van der Waals surface area contributed by atoms with Gasteiger partial charge in [0, 0.05) is 55.1 Å². The average Bonchev–Trinajstić information content (AvgIpc) is 3.94. The molecular formula is C45H58N6O10S. The van der Waals surface area contributed by atoms with Crippen molar-refractivity contribution in [3.63, 3.8) is 0 Å². The number of aromatic nitrogens is 1. The predicted molar refractivity (Wildman–Crippen MR) is 231 cm³/mol. The van der Waals surface area contributed by atoms with Crippen LogP contribution in [0.1, 0.15) is 67.4 Å². The fourth-order valence-electron chi connectivity index (χ4n) is 9.91. The molecule has 3 amide bonds. The Morgan fingerprint density at radius 1 is 1.10 bits per heavy atom. The summed E-state index contributed by atoms with van der Waals surface area (Å²) in [4.78, 5) is 52.4. The topological polar surface area (TPSA) is 216 Å². The van der Waals surface area contributed by atoms with Crippen LogP contribution in [0.15, 0.2) is 79.0 Å². The Hall–Kier alpha value is -4.88. The van der Waals surface area contributed by atoms with E-state index in [1.165, 1.54) is 28.3 Å². The van der Waals surface area contributed by atoms with Gasteiger partial charge in [-0.05, 0) is 93.7 Å². The van der Waals surface area contributed by atoms with Gasteiger partial charge in [0.1, 0.15) is 17.8 Å². The van der Waals surface area contributed by atoms with Gasteiger partial charge in [-0.2, -0.15) is 8.42 Å². The first kappa shape index (κ1) is 45.2. The highest BCUT2D eigenvalue weighted by Gasteiger charge is 2.70. The maximum absolute atomic E-state index is 14.2. The number of nitrogens with zero attached hydrogens (tertiary/aromatic N) is 4. The summed E-state index contributed by atoms with van der Waals surface area (Å²) in [5.41, 5.74) is 3.50. The van der Waals surface area contributed by atoms with E-state index < -0.39 is 45.8 Å². The number of piperazine rings is 1. The molecule has 0 saturated carbocycles. The van der Waals surface area contributed by atoms with Crippen LogP contribution in [0.4, 0.5) is 0 Å². The molecule has 62 heavy (non-hydrogen) atoms. The second-order valence-corrected chi connectivity index (χ2v) is 18.9. The lowest BCUT2D eigenvalue weighted by Crippen LogP contribution is -2.71. The van der Waals surface area contributed by atoms with Crippen LogP contribution in [0.2, 0.25) is 0 Å². The van der Waals surface area contributed by atoms with E-state index in [-0.39, 0.29) is 41.9 Å². The molecule has 4 saturated heterocycles. The number of carbonyl (C=O) groups excluding carboxylic acids is 3. The number of benzene rings is 3. The number of phenols is 1. The van der Waals surface area contributed by atoms with Gasteiger partial charge < -0.3 is 40.3 Å². The number of aliphatic hydroxyl groups is 2. The van der Waals surface area contributed by atoms with Gasteiger partial charge >= 0.3 is 0 Å². The third kappa shape index (κ3) is 9.11. The number of ether oxygens (including phenoxy) is 1. The van der Waals surface area contributed by atoms with Crippen molar-refractivity contribution in [2.75, 3.05) is 46.5 Å². The summed E-state index contributed by atoms with van der Waals surface area (Å²) in [5, 5.41) is 35.3. The maximum Gasteiger partial charge on any atom is 0.280 e. The highest BCUT2D eigenvalue weighted by molar-refractivity contribution is 7.85. The van der Waals surface area contributed by atoms with Gasteiger partial charge in [0.05, 0.1) is 18.3 Å². The van der Waals surface area contributed by atoms with Gasteiger partial charge in [0.15, 0.2) is 0 Å². The molecule has 1 aromatic heterocycles. The number of hydrogen-bond donors (Lipinski definition) is 6. The minimum atomic E-state index is -3.67. The lowest BCUT2D eigenvalue weighted by atomic mass is 9.72. The maximum atomic E-state index is 14.2. The van der Waals surface area contributed by atoms with Gasteiger partial charge in [0.2, 0.25) is 17.5 Å². The molecular weight excluding hydrogens is 817 g/mol. The van der Waals surface area contributed by atoms with Crippen LogP contribution in [-0.4, -0.2) is 147 Å². The van der Waals surface area contributed by atoms with Crippen molar-refractivity contribution in [2.45, 2.75) is 87.7 Å². The number of likely N-dealkylation sites (tertiary alicyclic amines) is 1. The number of hydrogen-bond acceptors (Lipinski definition) is 11. The van der Waals surface area contributed by atoms with Crippen molar-refractivity contribution in [3.05, 3.63) is 101 Å². The van der Waals surface area contributed by atoms with Crippen LogP contribution in [-0.2, 0) is 42.1 Å². The number of aromatic hydroxyl groups is 1. The molecule has 0 unspecified atom stereocenters.